The Balaban J connectivity index is 1.42. The first kappa shape index (κ1) is 18.4. The average Bonchev–Trinajstić information content (AvgIpc) is 3.50. The van der Waals surface area contributed by atoms with E-state index in [0.29, 0.717) is 19.0 Å². The number of amides is 1. The molecule has 1 atom stereocenters. The van der Waals surface area contributed by atoms with E-state index >= 15 is 0 Å². The lowest BCUT2D eigenvalue weighted by Gasteiger charge is -2.16. The van der Waals surface area contributed by atoms with Crippen molar-refractivity contribution >= 4 is 5.91 Å². The molecule has 2 heterocycles. The van der Waals surface area contributed by atoms with Crippen molar-refractivity contribution in [3.05, 3.63) is 72.2 Å². The predicted octanol–water partition coefficient (Wildman–Crippen LogP) is 4.13. The third-order valence-electron chi connectivity index (χ3n) is 5.33. The number of nitrogens with zero attached hydrogens (tertiary/aromatic N) is 3. The van der Waals surface area contributed by atoms with E-state index in [1.165, 1.54) is 18.5 Å². The van der Waals surface area contributed by atoms with E-state index in [0.717, 1.165) is 23.2 Å². The van der Waals surface area contributed by atoms with Gasteiger partial charge in [0.05, 0.1) is 18.2 Å². The first-order valence-electron chi connectivity index (χ1n) is 10.1. The number of hydrogen-bond acceptors (Lipinski definition) is 3. The molecule has 1 aliphatic carbocycles. The van der Waals surface area contributed by atoms with Gasteiger partial charge in [-0.05, 0) is 43.0 Å². The molecule has 28 heavy (non-hydrogen) atoms. The minimum atomic E-state index is -0.103. The van der Waals surface area contributed by atoms with E-state index in [1.54, 1.807) is 12.4 Å². The smallest absolute Gasteiger partial charge is 0.227 e. The van der Waals surface area contributed by atoms with Gasteiger partial charge in [0.25, 0.3) is 0 Å². The van der Waals surface area contributed by atoms with Crippen molar-refractivity contribution in [2.75, 3.05) is 6.54 Å². The molecule has 0 bridgehead atoms. The van der Waals surface area contributed by atoms with E-state index < -0.39 is 0 Å². The Morgan fingerprint density at radius 1 is 1.18 bits per heavy atom. The zero-order valence-corrected chi connectivity index (χ0v) is 16.2. The summed E-state index contributed by atoms with van der Waals surface area (Å²) < 4.78 is 2.07. The minimum absolute atomic E-state index is 0.0863. The molecule has 1 saturated carbocycles. The van der Waals surface area contributed by atoms with Crippen LogP contribution in [0, 0.1) is 0 Å². The van der Waals surface area contributed by atoms with Gasteiger partial charge < -0.3 is 5.32 Å². The standard InChI is InChI=1S/C23H26N4O/c1-2-20(17-6-4-3-5-7-17)23(28)25-14-15-27-22(19-8-9-19)16-21(26-27)18-10-12-24-13-11-18/h3-7,10-13,16,19-20H,2,8-9,14-15H2,1H3,(H,25,28)/t20-/m1/s1. The summed E-state index contributed by atoms with van der Waals surface area (Å²) in [6.45, 7) is 3.32. The molecule has 1 aromatic carbocycles. The van der Waals surface area contributed by atoms with Gasteiger partial charge in [0.1, 0.15) is 0 Å². The summed E-state index contributed by atoms with van der Waals surface area (Å²) in [5.74, 6) is 0.587. The van der Waals surface area contributed by atoms with E-state index in [1.807, 2.05) is 42.5 Å². The maximum Gasteiger partial charge on any atom is 0.227 e. The van der Waals surface area contributed by atoms with Gasteiger partial charge in [0, 0.05) is 36.1 Å². The molecular formula is C23H26N4O. The fraction of sp³-hybridized carbons (Fsp3) is 0.348. The zero-order chi connectivity index (χ0) is 19.3. The van der Waals surface area contributed by atoms with Crippen molar-refractivity contribution in [2.24, 2.45) is 0 Å². The SMILES string of the molecule is CC[C@@H](C(=O)NCCn1nc(-c2ccncc2)cc1C1CC1)c1ccccc1. The maximum absolute atomic E-state index is 12.7. The first-order chi connectivity index (χ1) is 13.8. The monoisotopic (exact) mass is 374 g/mol. The summed E-state index contributed by atoms with van der Waals surface area (Å²) in [4.78, 5) is 16.8. The molecule has 5 nitrogen and oxygen atoms in total. The van der Waals surface area contributed by atoms with Crippen LogP contribution in [0.2, 0.25) is 0 Å². The Hall–Kier alpha value is -2.95. The van der Waals surface area contributed by atoms with Crippen LogP contribution in [0.15, 0.2) is 60.9 Å². The molecule has 0 spiro atoms. The van der Waals surface area contributed by atoms with Crippen molar-refractivity contribution < 1.29 is 4.79 Å². The first-order valence-corrected chi connectivity index (χ1v) is 10.1. The summed E-state index contributed by atoms with van der Waals surface area (Å²) >= 11 is 0. The maximum atomic E-state index is 12.7. The number of aromatic nitrogens is 3. The molecule has 144 valence electrons. The molecule has 1 amide bonds. The van der Waals surface area contributed by atoms with Crippen LogP contribution in [-0.4, -0.2) is 27.2 Å². The summed E-state index contributed by atoms with van der Waals surface area (Å²) in [5.41, 5.74) is 4.40. The zero-order valence-electron chi connectivity index (χ0n) is 16.2. The molecule has 1 aliphatic rings. The van der Waals surface area contributed by atoms with Crippen LogP contribution < -0.4 is 5.32 Å². The van der Waals surface area contributed by atoms with Crippen LogP contribution in [0.25, 0.3) is 11.3 Å². The molecule has 0 radical (unpaired) electrons. The van der Waals surface area contributed by atoms with Gasteiger partial charge in [0.2, 0.25) is 5.91 Å². The van der Waals surface area contributed by atoms with Gasteiger partial charge in [-0.2, -0.15) is 5.10 Å². The summed E-state index contributed by atoms with van der Waals surface area (Å²) in [6.07, 6.45) is 6.82. The van der Waals surface area contributed by atoms with E-state index in [4.69, 9.17) is 5.10 Å². The highest BCUT2D eigenvalue weighted by Crippen LogP contribution is 2.41. The summed E-state index contributed by atoms with van der Waals surface area (Å²) in [5, 5.41) is 7.91. The second-order valence-electron chi connectivity index (χ2n) is 7.35. The van der Waals surface area contributed by atoms with Gasteiger partial charge >= 0.3 is 0 Å². The van der Waals surface area contributed by atoms with Gasteiger partial charge in [-0.1, -0.05) is 37.3 Å². The third-order valence-corrected chi connectivity index (χ3v) is 5.33. The van der Waals surface area contributed by atoms with Gasteiger partial charge in [0.15, 0.2) is 0 Å². The Labute approximate surface area is 165 Å². The molecular weight excluding hydrogens is 348 g/mol. The summed E-state index contributed by atoms with van der Waals surface area (Å²) in [6, 6.07) is 16.1. The molecule has 1 N–H and O–H groups in total. The molecule has 5 heteroatoms. The van der Waals surface area contributed by atoms with Crippen molar-refractivity contribution in [2.45, 2.75) is 44.6 Å². The topological polar surface area (TPSA) is 59.8 Å². The quantitative estimate of drug-likeness (QED) is 0.645. The number of carbonyl (C=O) groups excluding carboxylic acids is 1. The van der Waals surface area contributed by atoms with Gasteiger partial charge in [-0.25, -0.2) is 0 Å². The van der Waals surface area contributed by atoms with Crippen molar-refractivity contribution in [1.29, 1.82) is 0 Å². The lowest BCUT2D eigenvalue weighted by atomic mass is 9.96. The predicted molar refractivity (Wildman–Crippen MR) is 110 cm³/mol. The fourth-order valence-corrected chi connectivity index (χ4v) is 3.65. The lowest BCUT2D eigenvalue weighted by Crippen LogP contribution is -2.32. The number of rotatable bonds is 8. The summed E-state index contributed by atoms with van der Waals surface area (Å²) in [7, 11) is 0. The number of nitrogens with one attached hydrogen (secondary N) is 1. The Morgan fingerprint density at radius 3 is 2.61 bits per heavy atom. The molecule has 0 saturated heterocycles. The highest BCUT2D eigenvalue weighted by atomic mass is 16.1. The highest BCUT2D eigenvalue weighted by molar-refractivity contribution is 5.83. The molecule has 0 aliphatic heterocycles. The molecule has 1 fully saturated rings. The van der Waals surface area contributed by atoms with Gasteiger partial charge in [-0.3, -0.25) is 14.5 Å². The second-order valence-corrected chi connectivity index (χ2v) is 7.35. The normalized spacial score (nSPS) is 14.6. The fourth-order valence-electron chi connectivity index (χ4n) is 3.65. The number of benzene rings is 1. The molecule has 3 aromatic rings. The number of pyridine rings is 1. The van der Waals surface area contributed by atoms with Crippen LogP contribution in [-0.2, 0) is 11.3 Å². The highest BCUT2D eigenvalue weighted by Gasteiger charge is 2.28. The molecule has 2 aromatic heterocycles. The average molecular weight is 374 g/mol. The van der Waals surface area contributed by atoms with Crippen LogP contribution in [0.3, 0.4) is 0 Å². The van der Waals surface area contributed by atoms with Crippen LogP contribution >= 0.6 is 0 Å². The van der Waals surface area contributed by atoms with Crippen molar-refractivity contribution in [3.8, 4) is 11.3 Å². The van der Waals surface area contributed by atoms with Crippen LogP contribution in [0.4, 0.5) is 0 Å². The lowest BCUT2D eigenvalue weighted by molar-refractivity contribution is -0.122. The number of carbonyl (C=O) groups is 1. The Kier molecular flexibility index (Phi) is 5.51. The van der Waals surface area contributed by atoms with Crippen LogP contribution in [0.5, 0.6) is 0 Å². The minimum Gasteiger partial charge on any atom is -0.354 e. The van der Waals surface area contributed by atoms with Crippen LogP contribution in [0.1, 0.15) is 49.3 Å². The second kappa shape index (κ2) is 8.38. The van der Waals surface area contributed by atoms with E-state index in [9.17, 15) is 4.79 Å². The number of hydrogen-bond donors (Lipinski definition) is 1. The van der Waals surface area contributed by atoms with E-state index in [2.05, 4.69) is 28.0 Å². The molecule has 0 unspecified atom stereocenters. The largest absolute Gasteiger partial charge is 0.354 e. The Morgan fingerprint density at radius 2 is 1.93 bits per heavy atom. The van der Waals surface area contributed by atoms with Gasteiger partial charge in [-0.15, -0.1) is 0 Å². The van der Waals surface area contributed by atoms with E-state index in [-0.39, 0.29) is 11.8 Å². The molecule has 4 rings (SSSR count). The Bertz CT molecular complexity index is 916. The third kappa shape index (κ3) is 4.14. The van der Waals surface area contributed by atoms with Crippen molar-refractivity contribution in [3.63, 3.8) is 0 Å². The van der Waals surface area contributed by atoms with Crippen molar-refractivity contribution in [1.82, 2.24) is 20.1 Å².